The van der Waals surface area contributed by atoms with Crippen molar-refractivity contribution in [3.05, 3.63) is 18.2 Å². The number of urea groups is 1. The molecule has 0 aliphatic carbocycles. The molecule has 0 unspecified atom stereocenters. The molecule has 0 spiro atoms. The number of ether oxygens (including phenoxy) is 2. The Morgan fingerprint density at radius 1 is 1.26 bits per heavy atom. The third-order valence-corrected chi connectivity index (χ3v) is 3.36. The van der Waals surface area contributed by atoms with Gasteiger partial charge in [0.2, 0.25) is 5.91 Å². The summed E-state index contributed by atoms with van der Waals surface area (Å²) in [5, 5.41) is 4.51. The average Bonchev–Trinajstić information content (AvgIpc) is 2.44. The Bertz CT molecular complexity index is 493. The summed E-state index contributed by atoms with van der Waals surface area (Å²) in [6, 6.07) is 4.98. The van der Waals surface area contributed by atoms with Gasteiger partial charge in [-0.1, -0.05) is 0 Å². The van der Waals surface area contributed by atoms with Gasteiger partial charge in [0, 0.05) is 11.9 Å². The highest BCUT2D eigenvalue weighted by atomic mass is 32.2. The SMILES string of the molecule is CNC(=O)NC(=O)CSc1ccc2c(c1)OCCO2. The number of hydrogen-bond acceptors (Lipinski definition) is 5. The number of carbonyl (C=O) groups is 2. The maximum absolute atomic E-state index is 11.4. The lowest BCUT2D eigenvalue weighted by Crippen LogP contribution is -2.38. The second-order valence-electron chi connectivity index (χ2n) is 3.72. The molecule has 0 saturated heterocycles. The topological polar surface area (TPSA) is 76.7 Å². The molecule has 0 saturated carbocycles. The van der Waals surface area contributed by atoms with Crippen LogP contribution in [0.5, 0.6) is 11.5 Å². The number of fused-ring (bicyclic) bond motifs is 1. The molecule has 0 bridgehead atoms. The van der Waals surface area contributed by atoms with Crippen LogP contribution in [0.4, 0.5) is 4.79 Å². The molecule has 0 aromatic heterocycles. The minimum absolute atomic E-state index is 0.160. The summed E-state index contributed by atoms with van der Waals surface area (Å²) in [4.78, 5) is 23.2. The molecule has 7 heteroatoms. The Kier molecular flexibility index (Phi) is 4.51. The maximum Gasteiger partial charge on any atom is 0.321 e. The summed E-state index contributed by atoms with van der Waals surface area (Å²) in [7, 11) is 1.45. The lowest BCUT2D eigenvalue weighted by atomic mass is 10.3. The van der Waals surface area contributed by atoms with Crippen molar-refractivity contribution in [1.29, 1.82) is 0 Å². The van der Waals surface area contributed by atoms with Crippen molar-refractivity contribution in [2.75, 3.05) is 26.0 Å². The monoisotopic (exact) mass is 282 g/mol. The number of thioether (sulfide) groups is 1. The van der Waals surface area contributed by atoms with Crippen molar-refractivity contribution in [3.63, 3.8) is 0 Å². The van der Waals surface area contributed by atoms with Gasteiger partial charge < -0.3 is 14.8 Å². The lowest BCUT2D eigenvalue weighted by Gasteiger charge is -2.18. The maximum atomic E-state index is 11.4. The summed E-state index contributed by atoms with van der Waals surface area (Å²) in [5.41, 5.74) is 0. The van der Waals surface area contributed by atoms with Crippen molar-refractivity contribution >= 4 is 23.7 Å². The van der Waals surface area contributed by atoms with Crippen LogP contribution in [0.25, 0.3) is 0 Å². The molecule has 0 atom stereocenters. The fourth-order valence-corrected chi connectivity index (χ4v) is 2.21. The zero-order chi connectivity index (χ0) is 13.7. The summed E-state index contributed by atoms with van der Waals surface area (Å²) < 4.78 is 10.9. The molecule has 0 fully saturated rings. The second-order valence-corrected chi connectivity index (χ2v) is 4.77. The van der Waals surface area contributed by atoms with E-state index >= 15 is 0 Å². The van der Waals surface area contributed by atoms with Gasteiger partial charge in [-0.05, 0) is 18.2 Å². The van der Waals surface area contributed by atoms with Crippen LogP contribution >= 0.6 is 11.8 Å². The first-order chi connectivity index (χ1) is 9.19. The quantitative estimate of drug-likeness (QED) is 0.809. The van der Waals surface area contributed by atoms with E-state index in [1.54, 1.807) is 0 Å². The molecular weight excluding hydrogens is 268 g/mol. The number of benzene rings is 1. The highest BCUT2D eigenvalue weighted by molar-refractivity contribution is 8.00. The van der Waals surface area contributed by atoms with Crippen molar-refractivity contribution in [2.24, 2.45) is 0 Å². The smallest absolute Gasteiger partial charge is 0.321 e. The minimum atomic E-state index is -0.507. The van der Waals surface area contributed by atoms with Crippen molar-refractivity contribution in [3.8, 4) is 11.5 Å². The molecule has 2 N–H and O–H groups in total. The van der Waals surface area contributed by atoms with Crippen molar-refractivity contribution in [1.82, 2.24) is 10.6 Å². The van der Waals surface area contributed by atoms with Gasteiger partial charge in [-0.3, -0.25) is 10.1 Å². The summed E-state index contributed by atoms with van der Waals surface area (Å²) in [6.45, 7) is 1.08. The predicted molar refractivity (Wildman–Crippen MR) is 70.8 cm³/mol. The first-order valence-corrected chi connectivity index (χ1v) is 6.71. The number of rotatable bonds is 3. The van der Waals surface area contributed by atoms with Gasteiger partial charge in [0.25, 0.3) is 0 Å². The van der Waals surface area contributed by atoms with Gasteiger partial charge in [0.1, 0.15) is 13.2 Å². The van der Waals surface area contributed by atoms with Crippen molar-refractivity contribution in [2.45, 2.75) is 4.90 Å². The van der Waals surface area contributed by atoms with Crippen LogP contribution in [0, 0.1) is 0 Å². The van der Waals surface area contributed by atoms with E-state index in [1.165, 1.54) is 18.8 Å². The third-order valence-electron chi connectivity index (χ3n) is 2.36. The summed E-state index contributed by atoms with van der Waals surface area (Å²) in [5.74, 6) is 1.21. The van der Waals surface area contributed by atoms with Crippen LogP contribution in [-0.2, 0) is 4.79 Å². The molecule has 1 aromatic carbocycles. The number of nitrogens with one attached hydrogen (secondary N) is 2. The fourth-order valence-electron chi connectivity index (χ4n) is 1.49. The van der Waals surface area contributed by atoms with E-state index in [-0.39, 0.29) is 11.7 Å². The van der Waals surface area contributed by atoms with Crippen LogP contribution < -0.4 is 20.1 Å². The Labute approximate surface area is 114 Å². The Hall–Kier alpha value is -1.89. The van der Waals surface area contributed by atoms with Gasteiger partial charge in [0.05, 0.1) is 5.75 Å². The minimum Gasteiger partial charge on any atom is -0.486 e. The number of hydrogen-bond donors (Lipinski definition) is 2. The van der Waals surface area contributed by atoms with Gasteiger partial charge in [-0.2, -0.15) is 0 Å². The standard InChI is InChI=1S/C12H14N2O4S/c1-13-12(16)14-11(15)7-19-8-2-3-9-10(6-8)18-5-4-17-9/h2-3,6H,4-5,7H2,1H3,(H2,13,14,15,16). The van der Waals surface area contributed by atoms with Gasteiger partial charge in [0.15, 0.2) is 11.5 Å². The molecule has 19 heavy (non-hydrogen) atoms. The highest BCUT2D eigenvalue weighted by Crippen LogP contribution is 2.33. The second kappa shape index (κ2) is 6.33. The van der Waals surface area contributed by atoms with Crippen LogP contribution in [0.15, 0.2) is 23.1 Å². The van der Waals surface area contributed by atoms with E-state index in [0.717, 1.165) is 4.90 Å². The first kappa shape index (κ1) is 13.5. The Morgan fingerprint density at radius 3 is 2.74 bits per heavy atom. The van der Waals surface area contributed by atoms with Gasteiger partial charge in [-0.25, -0.2) is 4.79 Å². The Balaban J connectivity index is 1.89. The van der Waals surface area contributed by atoms with Crippen LogP contribution in [0.2, 0.25) is 0 Å². The summed E-state index contributed by atoms with van der Waals surface area (Å²) >= 11 is 1.33. The molecule has 102 valence electrons. The van der Waals surface area contributed by atoms with E-state index in [2.05, 4.69) is 10.6 Å². The molecular formula is C12H14N2O4S. The molecule has 1 aromatic rings. The van der Waals surface area contributed by atoms with E-state index in [0.29, 0.717) is 24.7 Å². The summed E-state index contributed by atoms with van der Waals surface area (Å²) in [6.07, 6.45) is 0. The first-order valence-electron chi connectivity index (χ1n) is 5.73. The van der Waals surface area contributed by atoms with Crippen LogP contribution in [-0.4, -0.2) is 38.0 Å². The fraction of sp³-hybridized carbons (Fsp3) is 0.333. The largest absolute Gasteiger partial charge is 0.486 e. The molecule has 1 aliphatic rings. The van der Waals surface area contributed by atoms with E-state index < -0.39 is 6.03 Å². The number of imide groups is 1. The number of amides is 3. The Morgan fingerprint density at radius 2 is 2.00 bits per heavy atom. The molecule has 2 rings (SSSR count). The van der Waals surface area contributed by atoms with E-state index in [1.807, 2.05) is 18.2 Å². The molecule has 6 nitrogen and oxygen atoms in total. The van der Waals surface area contributed by atoms with Crippen LogP contribution in [0.1, 0.15) is 0 Å². The van der Waals surface area contributed by atoms with Gasteiger partial charge >= 0.3 is 6.03 Å². The number of carbonyl (C=O) groups excluding carboxylic acids is 2. The van der Waals surface area contributed by atoms with Crippen molar-refractivity contribution < 1.29 is 19.1 Å². The zero-order valence-electron chi connectivity index (χ0n) is 10.4. The molecule has 1 aliphatic heterocycles. The van der Waals surface area contributed by atoms with E-state index in [9.17, 15) is 9.59 Å². The predicted octanol–water partition coefficient (Wildman–Crippen LogP) is 1.01. The molecule has 3 amide bonds. The molecule has 0 radical (unpaired) electrons. The third kappa shape index (κ3) is 3.78. The lowest BCUT2D eigenvalue weighted by molar-refractivity contribution is -0.117. The zero-order valence-corrected chi connectivity index (χ0v) is 11.2. The normalized spacial score (nSPS) is 12.7. The average molecular weight is 282 g/mol. The molecule has 1 heterocycles. The van der Waals surface area contributed by atoms with Crippen LogP contribution in [0.3, 0.4) is 0 Å². The highest BCUT2D eigenvalue weighted by Gasteiger charge is 2.13. The van der Waals surface area contributed by atoms with E-state index in [4.69, 9.17) is 9.47 Å². The van der Waals surface area contributed by atoms with Gasteiger partial charge in [-0.15, -0.1) is 11.8 Å².